The van der Waals surface area contributed by atoms with Crippen LogP contribution in [0.2, 0.25) is 0 Å². The van der Waals surface area contributed by atoms with Gasteiger partial charge in [-0.2, -0.15) is 0 Å². The van der Waals surface area contributed by atoms with Crippen molar-refractivity contribution in [2.24, 2.45) is 11.7 Å². The Morgan fingerprint density at radius 2 is 2.06 bits per heavy atom. The lowest BCUT2D eigenvalue weighted by Crippen LogP contribution is -2.29. The fourth-order valence-corrected chi connectivity index (χ4v) is 2.20. The van der Waals surface area contributed by atoms with Crippen LogP contribution in [0.15, 0.2) is 24.3 Å². The first kappa shape index (κ1) is 13.1. The average Bonchev–Trinajstić information content (AvgIpc) is 2.40. The summed E-state index contributed by atoms with van der Waals surface area (Å²) in [5.41, 5.74) is 7.69. The average molecular weight is 248 g/mol. The van der Waals surface area contributed by atoms with E-state index in [2.05, 4.69) is 5.32 Å². The van der Waals surface area contributed by atoms with E-state index in [0.29, 0.717) is 13.2 Å². The zero-order valence-corrected chi connectivity index (χ0v) is 10.7. The minimum atomic E-state index is -0.0869. The van der Waals surface area contributed by atoms with Gasteiger partial charge in [0.25, 0.3) is 0 Å². The summed E-state index contributed by atoms with van der Waals surface area (Å²) in [4.78, 5) is 12.1. The highest BCUT2D eigenvalue weighted by Crippen LogP contribution is 2.23. The molecule has 0 spiro atoms. The van der Waals surface area contributed by atoms with Crippen LogP contribution in [0.3, 0.4) is 0 Å². The summed E-state index contributed by atoms with van der Waals surface area (Å²) in [5, 5.41) is 2.99. The number of carbonyl (C=O) groups excluding carboxylic acids is 1. The molecule has 4 heteroatoms. The largest absolute Gasteiger partial charge is 0.381 e. The summed E-state index contributed by atoms with van der Waals surface area (Å²) in [6.45, 7) is 3.26. The van der Waals surface area contributed by atoms with Gasteiger partial charge in [-0.15, -0.1) is 0 Å². The predicted octanol–water partition coefficient (Wildman–Crippen LogP) is 2.07. The number of anilines is 1. The van der Waals surface area contributed by atoms with Crippen LogP contribution in [0.4, 0.5) is 5.69 Å². The number of hydrogen-bond donors (Lipinski definition) is 2. The van der Waals surface area contributed by atoms with Crippen LogP contribution in [0.25, 0.3) is 0 Å². The van der Waals surface area contributed by atoms with Crippen LogP contribution in [0.1, 0.15) is 31.4 Å². The number of hydrogen-bond acceptors (Lipinski definition) is 3. The number of benzene rings is 1. The Morgan fingerprint density at radius 3 is 2.72 bits per heavy atom. The maximum Gasteiger partial charge on any atom is 0.227 e. The molecule has 1 aliphatic rings. The molecule has 0 saturated carbocycles. The highest BCUT2D eigenvalue weighted by atomic mass is 16.5. The van der Waals surface area contributed by atoms with E-state index in [1.165, 1.54) is 0 Å². The van der Waals surface area contributed by atoms with Crippen LogP contribution in [0, 0.1) is 5.92 Å². The second-order valence-corrected chi connectivity index (χ2v) is 4.75. The quantitative estimate of drug-likeness (QED) is 0.860. The van der Waals surface area contributed by atoms with Crippen LogP contribution < -0.4 is 11.1 Å². The molecule has 18 heavy (non-hydrogen) atoms. The second-order valence-electron chi connectivity index (χ2n) is 4.75. The van der Waals surface area contributed by atoms with Gasteiger partial charge >= 0.3 is 0 Å². The first-order valence-electron chi connectivity index (χ1n) is 6.41. The van der Waals surface area contributed by atoms with Gasteiger partial charge in [-0.05, 0) is 31.4 Å². The molecule has 0 aromatic heterocycles. The Bertz CT molecular complexity index is 412. The molecule has 1 aromatic rings. The maximum absolute atomic E-state index is 12.1. The van der Waals surface area contributed by atoms with E-state index < -0.39 is 0 Å². The molecule has 1 fully saturated rings. The minimum Gasteiger partial charge on any atom is -0.381 e. The molecule has 1 saturated heterocycles. The highest BCUT2D eigenvalue weighted by Gasteiger charge is 2.22. The fourth-order valence-electron chi connectivity index (χ4n) is 2.20. The van der Waals surface area contributed by atoms with Gasteiger partial charge in [-0.1, -0.05) is 18.2 Å². The molecule has 0 bridgehead atoms. The first-order chi connectivity index (χ1) is 8.68. The molecule has 3 N–H and O–H groups in total. The van der Waals surface area contributed by atoms with E-state index >= 15 is 0 Å². The van der Waals surface area contributed by atoms with Crippen molar-refractivity contribution in [1.82, 2.24) is 0 Å². The molecule has 1 amide bonds. The van der Waals surface area contributed by atoms with Crippen molar-refractivity contribution in [2.45, 2.75) is 25.8 Å². The Morgan fingerprint density at radius 1 is 1.39 bits per heavy atom. The number of rotatable bonds is 3. The monoisotopic (exact) mass is 248 g/mol. The first-order valence-corrected chi connectivity index (χ1v) is 6.41. The van der Waals surface area contributed by atoms with E-state index in [1.54, 1.807) is 0 Å². The summed E-state index contributed by atoms with van der Waals surface area (Å²) in [6, 6.07) is 7.60. The fraction of sp³-hybridized carbons (Fsp3) is 0.500. The van der Waals surface area contributed by atoms with E-state index in [-0.39, 0.29) is 17.9 Å². The summed E-state index contributed by atoms with van der Waals surface area (Å²) in [7, 11) is 0. The van der Waals surface area contributed by atoms with Crippen molar-refractivity contribution < 1.29 is 9.53 Å². The van der Waals surface area contributed by atoms with Gasteiger partial charge in [-0.3, -0.25) is 4.79 Å². The summed E-state index contributed by atoms with van der Waals surface area (Å²) in [6.07, 6.45) is 1.60. The Balaban J connectivity index is 2.06. The molecule has 0 radical (unpaired) electrons. The van der Waals surface area contributed by atoms with Gasteiger partial charge in [-0.25, -0.2) is 0 Å². The third-order valence-electron chi connectivity index (χ3n) is 3.30. The van der Waals surface area contributed by atoms with Gasteiger partial charge < -0.3 is 15.8 Å². The van der Waals surface area contributed by atoms with Crippen LogP contribution in [-0.2, 0) is 9.53 Å². The minimum absolute atomic E-state index is 0.0555. The number of para-hydroxylation sites is 1. The molecule has 4 nitrogen and oxygen atoms in total. The summed E-state index contributed by atoms with van der Waals surface area (Å²) < 4.78 is 5.26. The van der Waals surface area contributed by atoms with E-state index in [1.807, 2.05) is 31.2 Å². The number of carbonyl (C=O) groups is 1. The third-order valence-corrected chi connectivity index (χ3v) is 3.30. The van der Waals surface area contributed by atoms with Gasteiger partial charge in [0.1, 0.15) is 0 Å². The van der Waals surface area contributed by atoms with E-state index in [0.717, 1.165) is 24.1 Å². The molecule has 1 unspecified atom stereocenters. The van der Waals surface area contributed by atoms with Crippen molar-refractivity contribution in [3.8, 4) is 0 Å². The number of amides is 1. The van der Waals surface area contributed by atoms with Crippen molar-refractivity contribution >= 4 is 11.6 Å². The second kappa shape index (κ2) is 5.98. The SMILES string of the molecule is CC(N)c1ccccc1NC(=O)C1CCOCC1. The highest BCUT2D eigenvalue weighted by molar-refractivity contribution is 5.93. The molecular formula is C14H20N2O2. The van der Waals surface area contributed by atoms with E-state index in [4.69, 9.17) is 10.5 Å². The standard InChI is InChI=1S/C14H20N2O2/c1-10(15)12-4-2-3-5-13(12)16-14(17)11-6-8-18-9-7-11/h2-5,10-11H,6-9,15H2,1H3,(H,16,17). The van der Waals surface area contributed by atoms with Crippen LogP contribution in [-0.4, -0.2) is 19.1 Å². The number of ether oxygens (including phenoxy) is 1. The van der Waals surface area contributed by atoms with E-state index in [9.17, 15) is 4.79 Å². The van der Waals surface area contributed by atoms with Gasteiger partial charge in [0.2, 0.25) is 5.91 Å². The Kier molecular flexibility index (Phi) is 4.33. The van der Waals surface area contributed by atoms with Gasteiger partial charge in [0.05, 0.1) is 0 Å². The molecule has 0 aliphatic carbocycles. The van der Waals surface area contributed by atoms with Crippen molar-refractivity contribution in [2.75, 3.05) is 18.5 Å². The van der Waals surface area contributed by atoms with Gasteiger partial charge in [0, 0.05) is 30.9 Å². The smallest absolute Gasteiger partial charge is 0.227 e. The Labute approximate surface area is 108 Å². The number of nitrogens with two attached hydrogens (primary N) is 1. The molecule has 1 aliphatic heterocycles. The van der Waals surface area contributed by atoms with Crippen molar-refractivity contribution in [3.05, 3.63) is 29.8 Å². The van der Waals surface area contributed by atoms with Crippen molar-refractivity contribution in [1.29, 1.82) is 0 Å². The zero-order chi connectivity index (χ0) is 13.0. The molecule has 98 valence electrons. The molecule has 1 atom stereocenters. The maximum atomic E-state index is 12.1. The lowest BCUT2D eigenvalue weighted by Gasteiger charge is -2.22. The summed E-state index contributed by atoms with van der Waals surface area (Å²) in [5.74, 6) is 0.131. The van der Waals surface area contributed by atoms with Crippen molar-refractivity contribution in [3.63, 3.8) is 0 Å². The number of nitrogens with one attached hydrogen (secondary N) is 1. The topological polar surface area (TPSA) is 64.3 Å². The molecule has 2 rings (SSSR count). The third kappa shape index (κ3) is 3.09. The van der Waals surface area contributed by atoms with Crippen LogP contribution in [0.5, 0.6) is 0 Å². The van der Waals surface area contributed by atoms with Crippen LogP contribution >= 0.6 is 0 Å². The lowest BCUT2D eigenvalue weighted by atomic mass is 9.98. The predicted molar refractivity (Wildman–Crippen MR) is 71.2 cm³/mol. The molecule has 1 heterocycles. The molecule has 1 aromatic carbocycles. The summed E-state index contributed by atoms with van der Waals surface area (Å²) >= 11 is 0. The van der Waals surface area contributed by atoms with Gasteiger partial charge in [0.15, 0.2) is 0 Å². The normalized spacial score (nSPS) is 18.3. The zero-order valence-electron chi connectivity index (χ0n) is 10.7. The Hall–Kier alpha value is -1.39. The molecular weight excluding hydrogens is 228 g/mol. The lowest BCUT2D eigenvalue weighted by molar-refractivity contribution is -0.122.